The number of anilines is 1. The van der Waals surface area contributed by atoms with Gasteiger partial charge in [-0.3, -0.25) is 9.59 Å². The smallest absolute Gasteiger partial charge is 0.255 e. The standard InChI is InChI=1S/C21H15Cl2NO2S/c22-16-10-17(23)12-18(11-16)24-21(26)15-7-4-8-19(9-15)27-13-20(25)14-5-2-1-3-6-14/h1-12H,13H2,(H,24,26). The fourth-order valence-electron chi connectivity index (χ4n) is 2.41. The summed E-state index contributed by atoms with van der Waals surface area (Å²) < 4.78 is 0. The molecular weight excluding hydrogens is 401 g/mol. The summed E-state index contributed by atoms with van der Waals surface area (Å²) in [6.45, 7) is 0. The zero-order valence-electron chi connectivity index (χ0n) is 14.1. The normalized spacial score (nSPS) is 10.4. The molecule has 0 unspecified atom stereocenters. The largest absolute Gasteiger partial charge is 0.322 e. The molecule has 6 heteroatoms. The number of Topliss-reactive ketones (excluding diaryl/α,β-unsaturated/α-hetero) is 1. The van der Waals surface area contributed by atoms with E-state index < -0.39 is 0 Å². The van der Waals surface area contributed by atoms with Crippen LogP contribution in [0, 0.1) is 0 Å². The minimum absolute atomic E-state index is 0.0454. The number of hydrogen-bond donors (Lipinski definition) is 1. The second-order valence-electron chi connectivity index (χ2n) is 5.72. The van der Waals surface area contributed by atoms with Gasteiger partial charge in [-0.1, -0.05) is 59.6 Å². The van der Waals surface area contributed by atoms with Gasteiger partial charge in [0.15, 0.2) is 5.78 Å². The van der Waals surface area contributed by atoms with Crippen molar-refractivity contribution in [3.63, 3.8) is 0 Å². The molecule has 3 aromatic carbocycles. The minimum Gasteiger partial charge on any atom is -0.322 e. The monoisotopic (exact) mass is 415 g/mol. The van der Waals surface area contributed by atoms with Crippen molar-refractivity contribution in [3.8, 4) is 0 Å². The van der Waals surface area contributed by atoms with E-state index in [1.807, 2.05) is 24.3 Å². The summed E-state index contributed by atoms with van der Waals surface area (Å²) in [6.07, 6.45) is 0. The first-order valence-electron chi connectivity index (χ1n) is 8.10. The predicted molar refractivity (Wildman–Crippen MR) is 112 cm³/mol. The Morgan fingerprint density at radius 1 is 0.815 bits per heavy atom. The Morgan fingerprint density at radius 2 is 1.48 bits per heavy atom. The topological polar surface area (TPSA) is 46.2 Å². The number of ketones is 1. The van der Waals surface area contributed by atoms with Gasteiger partial charge in [-0.05, 0) is 36.4 Å². The van der Waals surface area contributed by atoms with Crippen LogP contribution in [-0.4, -0.2) is 17.4 Å². The van der Waals surface area contributed by atoms with Gasteiger partial charge in [-0.25, -0.2) is 0 Å². The number of rotatable bonds is 6. The van der Waals surface area contributed by atoms with Crippen molar-refractivity contribution >= 4 is 52.3 Å². The van der Waals surface area contributed by atoms with E-state index in [2.05, 4.69) is 5.32 Å². The van der Waals surface area contributed by atoms with Gasteiger partial charge in [0.2, 0.25) is 0 Å². The Labute approximate surface area is 171 Å². The van der Waals surface area contributed by atoms with Gasteiger partial charge in [0.25, 0.3) is 5.91 Å². The summed E-state index contributed by atoms with van der Waals surface area (Å²) in [5.41, 5.74) is 1.69. The van der Waals surface area contributed by atoms with Gasteiger partial charge < -0.3 is 5.32 Å². The number of hydrogen-bond acceptors (Lipinski definition) is 3. The lowest BCUT2D eigenvalue weighted by atomic mass is 10.2. The summed E-state index contributed by atoms with van der Waals surface area (Å²) >= 11 is 13.3. The summed E-state index contributed by atoms with van der Waals surface area (Å²) in [5, 5.41) is 3.67. The van der Waals surface area contributed by atoms with Gasteiger partial charge >= 0.3 is 0 Å². The molecule has 0 aliphatic heterocycles. The van der Waals surface area contributed by atoms with Crippen LogP contribution in [0.15, 0.2) is 77.7 Å². The van der Waals surface area contributed by atoms with Crippen molar-refractivity contribution in [3.05, 3.63) is 94.0 Å². The van der Waals surface area contributed by atoms with Crippen LogP contribution in [0.2, 0.25) is 10.0 Å². The van der Waals surface area contributed by atoms with Crippen molar-refractivity contribution in [1.29, 1.82) is 0 Å². The maximum atomic E-state index is 12.5. The Kier molecular flexibility index (Phi) is 6.56. The minimum atomic E-state index is -0.273. The van der Waals surface area contributed by atoms with Crippen molar-refractivity contribution in [2.24, 2.45) is 0 Å². The Balaban J connectivity index is 1.66. The molecule has 0 aromatic heterocycles. The van der Waals surface area contributed by atoms with Crippen LogP contribution in [0.1, 0.15) is 20.7 Å². The van der Waals surface area contributed by atoms with Crippen LogP contribution in [0.4, 0.5) is 5.69 Å². The molecule has 0 spiro atoms. The molecule has 3 rings (SSSR count). The molecule has 0 saturated heterocycles. The third kappa shape index (κ3) is 5.60. The van der Waals surface area contributed by atoms with Crippen molar-refractivity contribution in [1.82, 2.24) is 0 Å². The molecule has 0 aliphatic rings. The lowest BCUT2D eigenvalue weighted by Gasteiger charge is -2.08. The van der Waals surface area contributed by atoms with E-state index >= 15 is 0 Å². The molecule has 3 aromatic rings. The van der Waals surface area contributed by atoms with Gasteiger partial charge in [0, 0.05) is 31.8 Å². The maximum Gasteiger partial charge on any atom is 0.255 e. The molecule has 0 aliphatic carbocycles. The second-order valence-corrected chi connectivity index (χ2v) is 7.64. The maximum absolute atomic E-state index is 12.5. The first-order chi connectivity index (χ1) is 13.0. The fourth-order valence-corrected chi connectivity index (χ4v) is 3.79. The molecule has 0 radical (unpaired) electrons. The Hall–Kier alpha value is -2.27. The van der Waals surface area contributed by atoms with E-state index in [0.29, 0.717) is 32.6 Å². The highest BCUT2D eigenvalue weighted by Crippen LogP contribution is 2.24. The van der Waals surface area contributed by atoms with E-state index in [1.165, 1.54) is 11.8 Å². The zero-order chi connectivity index (χ0) is 19.2. The molecule has 27 heavy (non-hydrogen) atoms. The lowest BCUT2D eigenvalue weighted by molar-refractivity contribution is 0.101. The third-order valence-electron chi connectivity index (χ3n) is 3.68. The van der Waals surface area contributed by atoms with Crippen LogP contribution in [0.3, 0.4) is 0 Å². The van der Waals surface area contributed by atoms with E-state index in [0.717, 1.165) is 4.90 Å². The number of thioether (sulfide) groups is 1. The number of amides is 1. The van der Waals surface area contributed by atoms with Crippen LogP contribution in [-0.2, 0) is 0 Å². The van der Waals surface area contributed by atoms with Crippen molar-refractivity contribution < 1.29 is 9.59 Å². The highest BCUT2D eigenvalue weighted by Gasteiger charge is 2.10. The number of carbonyl (C=O) groups is 2. The quantitative estimate of drug-likeness (QED) is 0.383. The summed E-state index contributed by atoms with van der Waals surface area (Å²) in [6, 6.07) is 21.1. The summed E-state index contributed by atoms with van der Waals surface area (Å²) in [4.78, 5) is 25.5. The molecular formula is C21H15Cl2NO2S. The van der Waals surface area contributed by atoms with E-state index in [-0.39, 0.29) is 11.7 Å². The van der Waals surface area contributed by atoms with Gasteiger partial charge in [-0.2, -0.15) is 0 Å². The van der Waals surface area contributed by atoms with E-state index in [1.54, 1.807) is 48.5 Å². The second kappa shape index (κ2) is 9.09. The number of nitrogens with one attached hydrogen (secondary N) is 1. The number of benzene rings is 3. The molecule has 1 amide bonds. The number of carbonyl (C=O) groups excluding carboxylic acids is 2. The van der Waals surface area contributed by atoms with Crippen molar-refractivity contribution in [2.45, 2.75) is 4.90 Å². The fraction of sp³-hybridized carbons (Fsp3) is 0.0476. The first kappa shape index (κ1) is 19.5. The van der Waals surface area contributed by atoms with E-state index in [9.17, 15) is 9.59 Å². The van der Waals surface area contributed by atoms with Crippen LogP contribution < -0.4 is 5.32 Å². The van der Waals surface area contributed by atoms with Gasteiger partial charge in [-0.15, -0.1) is 11.8 Å². The van der Waals surface area contributed by atoms with Crippen molar-refractivity contribution in [2.75, 3.05) is 11.1 Å². The van der Waals surface area contributed by atoms with Crippen LogP contribution in [0.25, 0.3) is 0 Å². The number of halogens is 2. The van der Waals surface area contributed by atoms with E-state index in [4.69, 9.17) is 23.2 Å². The van der Waals surface area contributed by atoms with Crippen LogP contribution >= 0.6 is 35.0 Å². The molecule has 136 valence electrons. The van der Waals surface area contributed by atoms with Gasteiger partial charge in [0.1, 0.15) is 0 Å². The lowest BCUT2D eigenvalue weighted by Crippen LogP contribution is -2.12. The molecule has 0 atom stereocenters. The highest BCUT2D eigenvalue weighted by molar-refractivity contribution is 8.00. The molecule has 0 bridgehead atoms. The summed E-state index contributed by atoms with van der Waals surface area (Å²) in [7, 11) is 0. The summed E-state index contributed by atoms with van der Waals surface area (Å²) in [5.74, 6) is 0.0770. The average Bonchev–Trinajstić information content (AvgIpc) is 2.66. The molecule has 0 heterocycles. The highest BCUT2D eigenvalue weighted by atomic mass is 35.5. The molecule has 0 saturated carbocycles. The Morgan fingerprint density at radius 3 is 2.19 bits per heavy atom. The van der Waals surface area contributed by atoms with Gasteiger partial charge in [0.05, 0.1) is 5.75 Å². The molecule has 0 fully saturated rings. The molecule has 3 nitrogen and oxygen atoms in total. The Bertz CT molecular complexity index is 957. The predicted octanol–water partition coefficient (Wildman–Crippen LogP) is 6.22. The van der Waals surface area contributed by atoms with Crippen LogP contribution in [0.5, 0.6) is 0 Å². The SMILES string of the molecule is O=C(CSc1cccc(C(=O)Nc2cc(Cl)cc(Cl)c2)c1)c1ccccc1. The zero-order valence-corrected chi connectivity index (χ0v) is 16.4. The third-order valence-corrected chi connectivity index (χ3v) is 5.11. The molecule has 1 N–H and O–H groups in total. The first-order valence-corrected chi connectivity index (χ1v) is 9.84. The average molecular weight is 416 g/mol.